The van der Waals surface area contributed by atoms with Gasteiger partial charge in [0.15, 0.2) is 5.82 Å². The molecular formula is C13H16N4O. The van der Waals surface area contributed by atoms with Gasteiger partial charge < -0.3 is 9.84 Å². The van der Waals surface area contributed by atoms with Crippen LogP contribution >= 0.6 is 0 Å². The third-order valence-corrected chi connectivity index (χ3v) is 3.58. The number of rotatable bonds is 2. The molecular weight excluding hydrogens is 228 g/mol. The van der Waals surface area contributed by atoms with E-state index in [1.165, 1.54) is 0 Å². The summed E-state index contributed by atoms with van der Waals surface area (Å²) in [6, 6.07) is 3.79. The van der Waals surface area contributed by atoms with Gasteiger partial charge in [-0.3, -0.25) is 4.98 Å². The first-order valence-corrected chi connectivity index (χ1v) is 6.23. The predicted molar refractivity (Wildman–Crippen MR) is 67.0 cm³/mol. The second-order valence-corrected chi connectivity index (χ2v) is 4.98. The highest BCUT2D eigenvalue weighted by molar-refractivity contribution is 5.50. The number of aromatic nitrogens is 3. The summed E-state index contributed by atoms with van der Waals surface area (Å²) in [6.07, 6.45) is 5.55. The van der Waals surface area contributed by atoms with Crippen LogP contribution in [-0.2, 0) is 5.41 Å². The summed E-state index contributed by atoms with van der Waals surface area (Å²) < 4.78 is 5.35. The molecule has 2 aromatic rings. The van der Waals surface area contributed by atoms with Crippen LogP contribution in [0.25, 0.3) is 11.5 Å². The topological polar surface area (TPSA) is 63.8 Å². The van der Waals surface area contributed by atoms with Crippen LogP contribution in [0, 0.1) is 0 Å². The Morgan fingerprint density at radius 1 is 1.33 bits per heavy atom. The molecule has 0 radical (unpaired) electrons. The highest BCUT2D eigenvalue weighted by Crippen LogP contribution is 2.31. The highest BCUT2D eigenvalue weighted by Gasteiger charge is 2.33. The Labute approximate surface area is 106 Å². The van der Waals surface area contributed by atoms with E-state index >= 15 is 0 Å². The second kappa shape index (κ2) is 4.49. The summed E-state index contributed by atoms with van der Waals surface area (Å²) in [5.41, 5.74) is 0.892. The van der Waals surface area contributed by atoms with E-state index in [1.54, 1.807) is 12.4 Å². The summed E-state index contributed by atoms with van der Waals surface area (Å²) in [5, 5.41) is 7.50. The van der Waals surface area contributed by atoms with E-state index in [-0.39, 0.29) is 5.41 Å². The molecule has 0 bridgehead atoms. The van der Waals surface area contributed by atoms with Gasteiger partial charge in [-0.2, -0.15) is 4.98 Å². The molecule has 0 aromatic carbocycles. The summed E-state index contributed by atoms with van der Waals surface area (Å²) in [5.74, 6) is 1.36. The van der Waals surface area contributed by atoms with Crippen molar-refractivity contribution in [2.45, 2.75) is 25.2 Å². The minimum absolute atomic E-state index is 0.0230. The molecule has 0 unspecified atom stereocenters. The zero-order valence-electron chi connectivity index (χ0n) is 10.4. The second-order valence-electron chi connectivity index (χ2n) is 4.98. The van der Waals surface area contributed by atoms with Gasteiger partial charge in [0.1, 0.15) is 0 Å². The van der Waals surface area contributed by atoms with Crippen LogP contribution < -0.4 is 5.32 Å². The molecule has 0 saturated carbocycles. The van der Waals surface area contributed by atoms with Gasteiger partial charge in [0, 0.05) is 17.8 Å². The van der Waals surface area contributed by atoms with Gasteiger partial charge in [-0.1, -0.05) is 12.1 Å². The molecule has 0 aliphatic carbocycles. The van der Waals surface area contributed by atoms with Crippen LogP contribution in [0.2, 0.25) is 0 Å². The standard InChI is InChI=1S/C13H16N4O/c1-13(4-7-14-8-5-13)12-16-11(18-17-12)10-3-2-6-15-9-10/h2-3,6,9,14H,4-5,7-8H2,1H3. The van der Waals surface area contributed by atoms with Crippen molar-refractivity contribution >= 4 is 0 Å². The Morgan fingerprint density at radius 3 is 2.89 bits per heavy atom. The van der Waals surface area contributed by atoms with Gasteiger partial charge in [0.2, 0.25) is 0 Å². The number of pyridine rings is 1. The van der Waals surface area contributed by atoms with Crippen molar-refractivity contribution in [2.75, 3.05) is 13.1 Å². The fourth-order valence-corrected chi connectivity index (χ4v) is 2.28. The van der Waals surface area contributed by atoms with Crippen molar-refractivity contribution in [3.05, 3.63) is 30.4 Å². The van der Waals surface area contributed by atoms with Crippen LogP contribution in [-0.4, -0.2) is 28.2 Å². The maximum absolute atomic E-state index is 5.35. The van der Waals surface area contributed by atoms with Crippen LogP contribution in [0.1, 0.15) is 25.6 Å². The molecule has 94 valence electrons. The lowest BCUT2D eigenvalue weighted by Crippen LogP contribution is -2.38. The molecule has 3 heterocycles. The van der Waals surface area contributed by atoms with Gasteiger partial charge in [0.25, 0.3) is 5.89 Å². The number of hydrogen-bond acceptors (Lipinski definition) is 5. The molecule has 0 amide bonds. The number of hydrogen-bond donors (Lipinski definition) is 1. The molecule has 1 aliphatic rings. The summed E-state index contributed by atoms with van der Waals surface area (Å²) >= 11 is 0. The molecule has 1 N–H and O–H groups in total. The van der Waals surface area contributed by atoms with Crippen molar-refractivity contribution in [1.29, 1.82) is 0 Å². The van der Waals surface area contributed by atoms with Crippen molar-refractivity contribution in [1.82, 2.24) is 20.4 Å². The molecule has 5 heteroatoms. The van der Waals surface area contributed by atoms with E-state index in [1.807, 2.05) is 12.1 Å². The number of nitrogens with one attached hydrogen (secondary N) is 1. The molecule has 18 heavy (non-hydrogen) atoms. The first-order valence-electron chi connectivity index (χ1n) is 6.23. The molecule has 0 atom stereocenters. The lowest BCUT2D eigenvalue weighted by Gasteiger charge is -2.30. The summed E-state index contributed by atoms with van der Waals surface area (Å²) in [4.78, 5) is 8.59. The van der Waals surface area contributed by atoms with Gasteiger partial charge in [0.05, 0.1) is 5.56 Å². The van der Waals surface area contributed by atoms with Crippen LogP contribution in [0.15, 0.2) is 29.0 Å². The Kier molecular flexibility index (Phi) is 2.83. The molecule has 1 saturated heterocycles. The monoisotopic (exact) mass is 244 g/mol. The molecule has 2 aromatic heterocycles. The first-order chi connectivity index (χ1) is 8.78. The van der Waals surface area contributed by atoms with Gasteiger partial charge in [-0.25, -0.2) is 0 Å². The Bertz CT molecular complexity index is 517. The first kappa shape index (κ1) is 11.3. The van der Waals surface area contributed by atoms with Crippen molar-refractivity contribution < 1.29 is 4.52 Å². The zero-order chi connectivity index (χ0) is 12.4. The molecule has 1 aliphatic heterocycles. The number of nitrogens with zero attached hydrogens (tertiary/aromatic N) is 3. The van der Waals surface area contributed by atoms with Crippen molar-refractivity contribution in [3.8, 4) is 11.5 Å². The van der Waals surface area contributed by atoms with E-state index in [9.17, 15) is 0 Å². The third kappa shape index (κ3) is 2.01. The van der Waals surface area contributed by atoms with Crippen molar-refractivity contribution in [3.63, 3.8) is 0 Å². The molecule has 1 fully saturated rings. The fourth-order valence-electron chi connectivity index (χ4n) is 2.28. The van der Waals surface area contributed by atoms with E-state index in [4.69, 9.17) is 4.52 Å². The average Bonchev–Trinajstić information content (AvgIpc) is 2.91. The maximum Gasteiger partial charge on any atom is 0.259 e. The van der Waals surface area contributed by atoms with E-state index in [0.29, 0.717) is 5.89 Å². The quantitative estimate of drug-likeness (QED) is 0.872. The Balaban J connectivity index is 1.89. The Hall–Kier alpha value is -1.75. The molecule has 0 spiro atoms. The summed E-state index contributed by atoms with van der Waals surface area (Å²) in [7, 11) is 0. The molecule has 3 rings (SSSR count). The van der Waals surface area contributed by atoms with Gasteiger partial charge in [-0.05, 0) is 38.1 Å². The van der Waals surface area contributed by atoms with Crippen LogP contribution in [0.5, 0.6) is 0 Å². The summed E-state index contributed by atoms with van der Waals surface area (Å²) in [6.45, 7) is 4.21. The van der Waals surface area contributed by atoms with Crippen LogP contribution in [0.4, 0.5) is 0 Å². The van der Waals surface area contributed by atoms with Gasteiger partial charge >= 0.3 is 0 Å². The highest BCUT2D eigenvalue weighted by atomic mass is 16.5. The van der Waals surface area contributed by atoms with E-state index in [0.717, 1.165) is 37.3 Å². The third-order valence-electron chi connectivity index (χ3n) is 3.58. The normalized spacial score (nSPS) is 18.7. The van der Waals surface area contributed by atoms with Crippen LogP contribution in [0.3, 0.4) is 0 Å². The zero-order valence-corrected chi connectivity index (χ0v) is 10.4. The minimum Gasteiger partial charge on any atom is -0.334 e. The van der Waals surface area contributed by atoms with Crippen molar-refractivity contribution in [2.24, 2.45) is 0 Å². The maximum atomic E-state index is 5.35. The SMILES string of the molecule is CC1(c2noc(-c3cccnc3)n2)CCNCC1. The largest absolute Gasteiger partial charge is 0.334 e. The minimum atomic E-state index is 0.0230. The smallest absolute Gasteiger partial charge is 0.259 e. The average molecular weight is 244 g/mol. The predicted octanol–water partition coefficient (Wildman–Crippen LogP) is 1.77. The van der Waals surface area contributed by atoms with E-state index < -0.39 is 0 Å². The molecule has 5 nitrogen and oxygen atoms in total. The Morgan fingerprint density at radius 2 is 2.17 bits per heavy atom. The lowest BCUT2D eigenvalue weighted by molar-refractivity contribution is 0.303. The van der Waals surface area contributed by atoms with E-state index in [2.05, 4.69) is 27.4 Å². The van der Waals surface area contributed by atoms with Gasteiger partial charge in [-0.15, -0.1) is 0 Å². The number of piperidine rings is 1. The fraction of sp³-hybridized carbons (Fsp3) is 0.462. The lowest BCUT2D eigenvalue weighted by atomic mass is 9.80.